The maximum atomic E-state index is 11.7. The van der Waals surface area contributed by atoms with Gasteiger partial charge in [-0.05, 0) is 12.6 Å². The number of carboxylic acids is 1. The lowest BCUT2D eigenvalue weighted by atomic mass is 10.1. The first-order valence-electron chi connectivity index (χ1n) is 5.11. The summed E-state index contributed by atoms with van der Waals surface area (Å²) >= 11 is 0. The summed E-state index contributed by atoms with van der Waals surface area (Å²) in [6, 6.07) is 8.24. The molecule has 1 aromatic carbocycles. The smallest absolute Gasteiger partial charge is 0.327 e. The van der Waals surface area contributed by atoms with Crippen LogP contribution in [0.4, 0.5) is 0 Å². The second-order valence-electron chi connectivity index (χ2n) is 3.65. The Bertz CT molecular complexity index is 391. The highest BCUT2D eigenvalue weighted by Crippen LogP contribution is 2.20. The van der Waals surface area contributed by atoms with Gasteiger partial charge in [0, 0.05) is 0 Å². The first-order chi connectivity index (χ1) is 8.06. The maximum Gasteiger partial charge on any atom is 0.327 e. The number of benzene rings is 1. The third-order valence-corrected chi connectivity index (χ3v) is 2.37. The van der Waals surface area contributed by atoms with Crippen molar-refractivity contribution in [2.45, 2.75) is 6.04 Å². The summed E-state index contributed by atoms with van der Waals surface area (Å²) in [5.41, 5.74) is 0.711. The molecule has 1 unspecified atom stereocenters. The number of esters is 1. The minimum absolute atomic E-state index is 0.228. The van der Waals surface area contributed by atoms with E-state index in [4.69, 9.17) is 9.84 Å². The number of carbonyl (C=O) groups excluding carboxylic acids is 1. The molecule has 0 saturated carbocycles. The highest BCUT2D eigenvalue weighted by molar-refractivity contribution is 5.78. The Labute approximate surface area is 99.6 Å². The second kappa shape index (κ2) is 6.00. The second-order valence-corrected chi connectivity index (χ2v) is 3.65. The Morgan fingerprint density at radius 3 is 2.41 bits per heavy atom. The summed E-state index contributed by atoms with van der Waals surface area (Å²) in [4.78, 5) is 23.8. The molecule has 0 saturated heterocycles. The summed E-state index contributed by atoms with van der Waals surface area (Å²) < 4.78 is 4.70. The quantitative estimate of drug-likeness (QED) is 0.771. The molecule has 0 bridgehead atoms. The van der Waals surface area contributed by atoms with Crippen LogP contribution in [-0.4, -0.2) is 42.6 Å². The number of nitrogens with zero attached hydrogens (tertiary/aromatic N) is 1. The molecule has 17 heavy (non-hydrogen) atoms. The van der Waals surface area contributed by atoms with Gasteiger partial charge in [0.1, 0.15) is 6.04 Å². The van der Waals surface area contributed by atoms with Crippen LogP contribution in [0.5, 0.6) is 0 Å². The zero-order valence-electron chi connectivity index (χ0n) is 9.79. The molecule has 0 radical (unpaired) electrons. The Kier molecular flexibility index (Phi) is 4.66. The van der Waals surface area contributed by atoms with Crippen LogP contribution in [0, 0.1) is 0 Å². The highest BCUT2D eigenvalue weighted by Gasteiger charge is 2.26. The van der Waals surface area contributed by atoms with E-state index in [9.17, 15) is 9.59 Å². The van der Waals surface area contributed by atoms with Gasteiger partial charge < -0.3 is 9.84 Å². The van der Waals surface area contributed by atoms with E-state index in [2.05, 4.69) is 0 Å². The predicted molar refractivity (Wildman–Crippen MR) is 61.5 cm³/mol. The van der Waals surface area contributed by atoms with Crippen LogP contribution in [-0.2, 0) is 14.3 Å². The van der Waals surface area contributed by atoms with Crippen molar-refractivity contribution in [3.8, 4) is 0 Å². The van der Waals surface area contributed by atoms with Crippen molar-refractivity contribution in [1.29, 1.82) is 0 Å². The van der Waals surface area contributed by atoms with Gasteiger partial charge in [-0.25, -0.2) is 4.79 Å². The van der Waals surface area contributed by atoms with Crippen molar-refractivity contribution in [3.05, 3.63) is 35.9 Å². The molecule has 0 fully saturated rings. The Morgan fingerprint density at radius 2 is 1.94 bits per heavy atom. The fraction of sp³-hybridized carbons (Fsp3) is 0.333. The Balaban J connectivity index is 2.96. The summed E-state index contributed by atoms with van der Waals surface area (Å²) in [6.07, 6.45) is 0. The summed E-state index contributed by atoms with van der Waals surface area (Å²) in [6.45, 7) is -0.228. The zero-order chi connectivity index (χ0) is 12.8. The molecule has 5 heteroatoms. The lowest BCUT2D eigenvalue weighted by Gasteiger charge is -2.24. The van der Waals surface area contributed by atoms with E-state index in [1.807, 2.05) is 6.07 Å². The van der Waals surface area contributed by atoms with Crippen molar-refractivity contribution in [1.82, 2.24) is 4.90 Å². The van der Waals surface area contributed by atoms with E-state index < -0.39 is 18.0 Å². The van der Waals surface area contributed by atoms with Gasteiger partial charge in [-0.1, -0.05) is 30.3 Å². The molecular formula is C12H15NO4. The van der Waals surface area contributed by atoms with Crippen LogP contribution in [0.3, 0.4) is 0 Å². The van der Waals surface area contributed by atoms with E-state index in [0.717, 1.165) is 0 Å². The maximum absolute atomic E-state index is 11.7. The number of ether oxygens (including phenoxy) is 1. The number of methoxy groups -OCH3 is 1. The number of hydrogen-bond acceptors (Lipinski definition) is 4. The summed E-state index contributed by atoms with van der Waals surface area (Å²) in [7, 11) is 2.86. The van der Waals surface area contributed by atoms with Crippen LogP contribution in [0.2, 0.25) is 0 Å². The number of carboxylic acid groups (broad SMARTS) is 1. The van der Waals surface area contributed by atoms with Gasteiger partial charge in [0.2, 0.25) is 0 Å². The fourth-order valence-corrected chi connectivity index (χ4v) is 1.62. The van der Waals surface area contributed by atoms with Gasteiger partial charge in [-0.15, -0.1) is 0 Å². The van der Waals surface area contributed by atoms with Gasteiger partial charge >= 0.3 is 11.9 Å². The third-order valence-electron chi connectivity index (χ3n) is 2.37. The molecule has 1 aromatic rings. The molecule has 1 N–H and O–H groups in total. The van der Waals surface area contributed by atoms with Crippen molar-refractivity contribution in [3.63, 3.8) is 0 Å². The molecule has 0 amide bonds. The fourth-order valence-electron chi connectivity index (χ4n) is 1.62. The van der Waals surface area contributed by atoms with Crippen molar-refractivity contribution in [2.24, 2.45) is 0 Å². The van der Waals surface area contributed by atoms with Gasteiger partial charge in [-0.3, -0.25) is 9.69 Å². The first-order valence-corrected chi connectivity index (χ1v) is 5.11. The topological polar surface area (TPSA) is 66.8 Å². The number of hydrogen-bond donors (Lipinski definition) is 1. The normalized spacial score (nSPS) is 12.2. The van der Waals surface area contributed by atoms with Crippen molar-refractivity contribution in [2.75, 3.05) is 20.7 Å². The van der Waals surface area contributed by atoms with Crippen molar-refractivity contribution >= 4 is 11.9 Å². The minimum Gasteiger partial charge on any atom is -0.480 e. The molecule has 92 valence electrons. The number of aliphatic carboxylic acids is 1. The summed E-state index contributed by atoms with van der Waals surface area (Å²) in [5, 5.41) is 8.74. The molecule has 0 spiro atoms. The minimum atomic E-state index is -0.989. The van der Waals surface area contributed by atoms with E-state index in [1.165, 1.54) is 12.0 Å². The monoisotopic (exact) mass is 237 g/mol. The first kappa shape index (κ1) is 13.2. The molecular weight excluding hydrogens is 222 g/mol. The summed E-state index contributed by atoms with van der Waals surface area (Å²) in [5.74, 6) is -1.46. The lowest BCUT2D eigenvalue weighted by molar-refractivity contribution is -0.148. The number of likely N-dealkylation sites (N-methyl/N-ethyl adjacent to an activating group) is 1. The standard InChI is InChI=1S/C12H15NO4/c1-13(8-10(14)15)11(12(16)17-2)9-6-4-3-5-7-9/h3-7,11H,8H2,1-2H3,(H,14,15). The SMILES string of the molecule is COC(=O)C(c1ccccc1)N(C)CC(=O)O. The van der Waals surface area contributed by atoms with Crippen LogP contribution in [0.1, 0.15) is 11.6 Å². The van der Waals surface area contributed by atoms with Gasteiger partial charge in [-0.2, -0.15) is 0 Å². The van der Waals surface area contributed by atoms with E-state index in [-0.39, 0.29) is 6.54 Å². The average Bonchev–Trinajstić information content (AvgIpc) is 2.29. The van der Waals surface area contributed by atoms with E-state index in [1.54, 1.807) is 31.3 Å². The van der Waals surface area contributed by atoms with Crippen LogP contribution >= 0.6 is 0 Å². The third kappa shape index (κ3) is 3.57. The molecule has 5 nitrogen and oxygen atoms in total. The predicted octanol–water partition coefficient (Wildman–Crippen LogP) is 0.917. The molecule has 0 aromatic heterocycles. The highest BCUT2D eigenvalue weighted by atomic mass is 16.5. The van der Waals surface area contributed by atoms with Gasteiger partial charge in [0.15, 0.2) is 0 Å². The van der Waals surface area contributed by atoms with Crippen LogP contribution < -0.4 is 0 Å². The van der Waals surface area contributed by atoms with Gasteiger partial charge in [0.25, 0.3) is 0 Å². The zero-order valence-corrected chi connectivity index (χ0v) is 9.79. The number of rotatable bonds is 5. The molecule has 0 aliphatic heterocycles. The van der Waals surface area contributed by atoms with E-state index >= 15 is 0 Å². The van der Waals surface area contributed by atoms with Gasteiger partial charge in [0.05, 0.1) is 13.7 Å². The Hall–Kier alpha value is -1.88. The number of carbonyl (C=O) groups is 2. The van der Waals surface area contributed by atoms with Crippen LogP contribution in [0.15, 0.2) is 30.3 Å². The Morgan fingerprint density at radius 1 is 1.35 bits per heavy atom. The molecule has 1 rings (SSSR count). The molecule has 0 heterocycles. The molecule has 1 atom stereocenters. The molecule has 0 aliphatic rings. The van der Waals surface area contributed by atoms with Crippen LogP contribution in [0.25, 0.3) is 0 Å². The average molecular weight is 237 g/mol. The molecule has 0 aliphatic carbocycles. The van der Waals surface area contributed by atoms with E-state index in [0.29, 0.717) is 5.56 Å². The lowest BCUT2D eigenvalue weighted by Crippen LogP contribution is -2.35. The van der Waals surface area contributed by atoms with Crippen molar-refractivity contribution < 1.29 is 19.4 Å². The largest absolute Gasteiger partial charge is 0.480 e.